The largest absolute Gasteiger partial charge is 0.268 e. The van der Waals surface area contributed by atoms with Crippen molar-refractivity contribution in [2.75, 3.05) is 6.54 Å². The molecule has 0 amide bonds. The minimum absolute atomic E-state index is 0.486. The molecule has 0 aliphatic carbocycles. The van der Waals surface area contributed by atoms with Crippen LogP contribution in [0.2, 0.25) is 0 Å². The molecule has 1 heterocycles. The molecule has 0 radical (unpaired) electrons. The van der Waals surface area contributed by atoms with Gasteiger partial charge in [-0.05, 0) is 41.7 Å². The molecule has 150 valence electrons. The fraction of sp³-hybridized carbons (Fsp3) is 0.333. The number of nitrogens with zero attached hydrogens (tertiary/aromatic N) is 2. The molecule has 0 spiro atoms. The van der Waals surface area contributed by atoms with Crippen LogP contribution in [-0.4, -0.2) is 19.1 Å². The summed E-state index contributed by atoms with van der Waals surface area (Å²) < 4.78 is 27.4. The normalized spacial score (nSPS) is 13.7. The number of aryl methyl sites for hydroxylation is 1. The summed E-state index contributed by atoms with van der Waals surface area (Å²) in [5.41, 5.74) is 2.90. The van der Waals surface area contributed by atoms with Gasteiger partial charge in [-0.1, -0.05) is 64.6 Å². The topological polar surface area (TPSA) is 24.7 Å². The molecular weight excluding hydrogens is 354 g/mol. The van der Waals surface area contributed by atoms with Crippen LogP contribution in [0.15, 0.2) is 59.0 Å². The summed E-state index contributed by atoms with van der Waals surface area (Å²) in [5.74, 6) is -1.08. The molecule has 2 aromatic carbocycles. The lowest BCUT2D eigenvalue weighted by Crippen LogP contribution is -2.24. The summed E-state index contributed by atoms with van der Waals surface area (Å²) in [6.07, 6.45) is 4.00. The Morgan fingerprint density at radius 3 is 2.29 bits per heavy atom. The molecule has 2 aromatic rings. The lowest BCUT2D eigenvalue weighted by Gasteiger charge is -2.32. The Morgan fingerprint density at radius 2 is 1.82 bits per heavy atom. The Bertz CT molecular complexity index is 830. The van der Waals surface area contributed by atoms with Crippen molar-refractivity contribution in [3.8, 4) is 0 Å². The fourth-order valence-electron chi connectivity index (χ4n) is 2.95. The summed E-state index contributed by atoms with van der Waals surface area (Å²) in [7, 11) is 0. The first-order valence-corrected chi connectivity index (χ1v) is 9.61. The minimum atomic E-state index is -0.566. The standard InChI is InChI=1S/C19H20F2.C3H4N2.C2H6/c1-5-19(4,17-11-10-15(20)12-18(17)21)14(3)16-9-7-6-8-13(16)2;1-2-5-3-4-1;1-2/h6-12H,3,5H2,1-2,4H3;1,3H,2H2;1-2H3/t19-;;/m0../s1. The zero-order chi connectivity index (χ0) is 21.2. The third-order valence-corrected chi connectivity index (χ3v) is 4.81. The van der Waals surface area contributed by atoms with Gasteiger partial charge >= 0.3 is 0 Å². The van der Waals surface area contributed by atoms with Gasteiger partial charge in [0.05, 0.1) is 6.54 Å². The average molecular weight is 385 g/mol. The second-order valence-electron chi connectivity index (χ2n) is 6.42. The van der Waals surface area contributed by atoms with Crippen molar-refractivity contribution in [3.05, 3.63) is 77.4 Å². The van der Waals surface area contributed by atoms with Gasteiger partial charge < -0.3 is 0 Å². The molecule has 3 rings (SSSR count). The summed E-state index contributed by atoms with van der Waals surface area (Å²) >= 11 is 0. The summed E-state index contributed by atoms with van der Waals surface area (Å²) in [6.45, 7) is 14.9. The average Bonchev–Trinajstić information content (AvgIpc) is 3.29. The maximum Gasteiger partial charge on any atom is 0.130 e. The predicted molar refractivity (Wildman–Crippen MR) is 117 cm³/mol. The molecule has 4 heteroatoms. The van der Waals surface area contributed by atoms with E-state index in [0.717, 1.165) is 29.3 Å². The Morgan fingerprint density at radius 1 is 1.14 bits per heavy atom. The molecule has 0 fully saturated rings. The third-order valence-electron chi connectivity index (χ3n) is 4.81. The molecule has 28 heavy (non-hydrogen) atoms. The second-order valence-corrected chi connectivity index (χ2v) is 6.42. The van der Waals surface area contributed by atoms with Gasteiger partial charge in [0.1, 0.15) is 18.0 Å². The summed E-state index contributed by atoms with van der Waals surface area (Å²) in [6, 6.07) is 11.7. The van der Waals surface area contributed by atoms with E-state index in [1.165, 1.54) is 12.1 Å². The third kappa shape index (κ3) is 5.69. The molecule has 0 aromatic heterocycles. The number of allylic oxidation sites excluding steroid dienone is 1. The zero-order valence-electron chi connectivity index (χ0n) is 17.5. The quantitative estimate of drug-likeness (QED) is 0.555. The molecule has 1 aliphatic rings. The molecule has 0 saturated heterocycles. The number of aliphatic imine (C=N–C) groups is 2. The monoisotopic (exact) mass is 384 g/mol. The van der Waals surface area contributed by atoms with Gasteiger partial charge in [0.25, 0.3) is 0 Å². The highest BCUT2D eigenvalue weighted by molar-refractivity contribution is 5.79. The smallest absolute Gasteiger partial charge is 0.130 e. The van der Waals surface area contributed by atoms with Crippen molar-refractivity contribution in [2.24, 2.45) is 9.98 Å². The van der Waals surface area contributed by atoms with E-state index in [9.17, 15) is 8.78 Å². The highest BCUT2D eigenvalue weighted by atomic mass is 19.1. The number of rotatable bonds is 4. The highest BCUT2D eigenvalue weighted by Gasteiger charge is 2.32. The molecule has 0 bridgehead atoms. The van der Waals surface area contributed by atoms with Gasteiger partial charge in [-0.2, -0.15) is 0 Å². The van der Waals surface area contributed by atoms with Crippen LogP contribution in [0, 0.1) is 18.6 Å². The second kappa shape index (κ2) is 11.3. The van der Waals surface area contributed by atoms with Crippen LogP contribution in [0.25, 0.3) is 5.57 Å². The molecule has 2 nitrogen and oxygen atoms in total. The van der Waals surface area contributed by atoms with Crippen LogP contribution in [0.4, 0.5) is 8.78 Å². The zero-order valence-corrected chi connectivity index (χ0v) is 17.5. The van der Waals surface area contributed by atoms with Crippen molar-refractivity contribution in [1.29, 1.82) is 0 Å². The van der Waals surface area contributed by atoms with E-state index >= 15 is 0 Å². The van der Waals surface area contributed by atoms with Gasteiger partial charge in [-0.15, -0.1) is 0 Å². The SMILES string of the molecule is C1=NC=NC1.C=C(c1ccccc1C)[C@](C)(CC)c1ccc(F)cc1F.CC. The maximum atomic E-state index is 14.2. The number of halogens is 2. The van der Waals surface area contributed by atoms with Crippen LogP contribution in [0.3, 0.4) is 0 Å². The molecule has 0 N–H and O–H groups in total. The van der Waals surface area contributed by atoms with Crippen molar-refractivity contribution in [1.82, 2.24) is 0 Å². The Hall–Kier alpha value is -2.62. The van der Waals surface area contributed by atoms with E-state index in [-0.39, 0.29) is 0 Å². The van der Waals surface area contributed by atoms with Crippen LogP contribution in [0.1, 0.15) is 50.8 Å². The molecule has 1 atom stereocenters. The predicted octanol–water partition coefficient (Wildman–Crippen LogP) is 6.78. The van der Waals surface area contributed by atoms with E-state index < -0.39 is 17.0 Å². The van der Waals surface area contributed by atoms with Crippen LogP contribution >= 0.6 is 0 Å². The molecule has 0 unspecified atom stereocenters. The lowest BCUT2D eigenvalue weighted by atomic mass is 9.71. The van der Waals surface area contributed by atoms with Crippen molar-refractivity contribution in [3.63, 3.8) is 0 Å². The van der Waals surface area contributed by atoms with E-state index in [1.54, 1.807) is 12.6 Å². The summed E-state index contributed by atoms with van der Waals surface area (Å²) in [5, 5.41) is 0. The van der Waals surface area contributed by atoms with Gasteiger partial charge in [-0.3, -0.25) is 4.99 Å². The lowest BCUT2D eigenvalue weighted by molar-refractivity contribution is 0.516. The van der Waals surface area contributed by atoms with Gasteiger partial charge in [-0.25, -0.2) is 13.8 Å². The molecular formula is C24H30F2N2. The fourth-order valence-corrected chi connectivity index (χ4v) is 2.95. The van der Waals surface area contributed by atoms with E-state index in [1.807, 2.05) is 58.9 Å². The first-order valence-electron chi connectivity index (χ1n) is 9.61. The van der Waals surface area contributed by atoms with Crippen molar-refractivity contribution >= 4 is 18.1 Å². The minimum Gasteiger partial charge on any atom is -0.268 e. The number of hydrogen-bond donors (Lipinski definition) is 0. The van der Waals surface area contributed by atoms with Crippen molar-refractivity contribution in [2.45, 2.75) is 46.5 Å². The van der Waals surface area contributed by atoms with Gasteiger partial charge in [0, 0.05) is 17.7 Å². The van der Waals surface area contributed by atoms with Gasteiger partial charge in [0.2, 0.25) is 0 Å². The first-order chi connectivity index (χ1) is 13.4. The van der Waals surface area contributed by atoms with Gasteiger partial charge in [0.15, 0.2) is 0 Å². The number of benzene rings is 2. The van der Waals surface area contributed by atoms with E-state index in [0.29, 0.717) is 12.0 Å². The van der Waals surface area contributed by atoms with Crippen molar-refractivity contribution < 1.29 is 8.78 Å². The van der Waals surface area contributed by atoms with Crippen LogP contribution in [-0.2, 0) is 5.41 Å². The van der Waals surface area contributed by atoms with Crippen LogP contribution < -0.4 is 0 Å². The summed E-state index contributed by atoms with van der Waals surface area (Å²) in [4.78, 5) is 7.40. The van der Waals surface area contributed by atoms with E-state index in [4.69, 9.17) is 0 Å². The Balaban J connectivity index is 0.000000476. The Labute approximate surface area is 167 Å². The first kappa shape index (κ1) is 23.4. The van der Waals surface area contributed by atoms with Crippen LogP contribution in [0.5, 0.6) is 0 Å². The Kier molecular flexibility index (Phi) is 9.43. The molecule has 0 saturated carbocycles. The maximum absolute atomic E-state index is 14.2. The van der Waals surface area contributed by atoms with E-state index in [2.05, 4.69) is 16.6 Å². The highest BCUT2D eigenvalue weighted by Crippen LogP contribution is 2.41. The number of hydrogen-bond acceptors (Lipinski definition) is 2. The molecule has 1 aliphatic heterocycles.